The number of carbonyl (C=O) groups excluding carboxylic acids is 1. The smallest absolute Gasteiger partial charge is 0.317 e. The van der Waals surface area contributed by atoms with Crippen LogP contribution in [-0.2, 0) is 0 Å². The van der Waals surface area contributed by atoms with E-state index in [-0.39, 0.29) is 11.9 Å². The number of benzene rings is 1. The summed E-state index contributed by atoms with van der Waals surface area (Å²) in [5.74, 6) is 0.246. The number of piperazine rings is 1. The van der Waals surface area contributed by atoms with Crippen molar-refractivity contribution in [3.05, 3.63) is 45.9 Å². The summed E-state index contributed by atoms with van der Waals surface area (Å²) in [7, 11) is 0. The number of aromatic nitrogens is 1. The topological polar surface area (TPSA) is 48.5 Å². The summed E-state index contributed by atoms with van der Waals surface area (Å²) in [4.78, 5) is 22.3. The predicted molar refractivity (Wildman–Crippen MR) is 104 cm³/mol. The van der Waals surface area contributed by atoms with E-state index in [1.54, 1.807) is 11.3 Å². The third kappa shape index (κ3) is 4.31. The van der Waals surface area contributed by atoms with Crippen molar-refractivity contribution in [3.63, 3.8) is 0 Å². The number of hydrogen-bond acceptors (Lipinski definition) is 4. The first-order valence-electron chi connectivity index (χ1n) is 8.80. The van der Waals surface area contributed by atoms with Crippen molar-refractivity contribution in [3.8, 4) is 0 Å². The van der Waals surface area contributed by atoms with E-state index in [9.17, 15) is 4.79 Å². The normalized spacial score (nSPS) is 16.0. The first kappa shape index (κ1) is 17.7. The van der Waals surface area contributed by atoms with E-state index >= 15 is 0 Å². The second-order valence-corrected chi connectivity index (χ2v) is 7.92. The number of nitrogens with zero attached hydrogens (tertiary/aromatic N) is 3. The van der Waals surface area contributed by atoms with E-state index in [1.165, 1.54) is 16.1 Å². The maximum atomic E-state index is 12.4. The molecule has 1 aromatic carbocycles. The molecule has 1 N–H and O–H groups in total. The molecule has 3 rings (SSSR count). The fraction of sp³-hybridized carbons (Fsp3) is 0.474. The van der Waals surface area contributed by atoms with E-state index in [0.717, 1.165) is 31.2 Å². The summed E-state index contributed by atoms with van der Waals surface area (Å²) in [6, 6.07) is 8.46. The van der Waals surface area contributed by atoms with E-state index in [0.29, 0.717) is 6.54 Å². The Hall–Kier alpha value is -2.08. The lowest BCUT2D eigenvalue weighted by Gasteiger charge is -2.36. The summed E-state index contributed by atoms with van der Waals surface area (Å²) in [6.45, 7) is 10.2. The molecule has 25 heavy (non-hydrogen) atoms. The minimum absolute atomic E-state index is 0.0320. The van der Waals surface area contributed by atoms with Crippen LogP contribution in [0.5, 0.6) is 0 Å². The lowest BCUT2D eigenvalue weighted by atomic mass is 10.1. The van der Waals surface area contributed by atoms with Gasteiger partial charge in [-0.15, -0.1) is 11.3 Å². The zero-order chi connectivity index (χ0) is 17.8. The van der Waals surface area contributed by atoms with Crippen LogP contribution in [0.15, 0.2) is 30.5 Å². The number of para-hydroxylation sites is 1. The molecule has 2 amide bonds. The van der Waals surface area contributed by atoms with Gasteiger partial charge in [-0.25, -0.2) is 9.78 Å². The highest BCUT2D eigenvalue weighted by atomic mass is 32.1. The Morgan fingerprint density at radius 2 is 1.96 bits per heavy atom. The van der Waals surface area contributed by atoms with Gasteiger partial charge in [0.15, 0.2) is 0 Å². The molecule has 1 aromatic heterocycles. The molecule has 1 unspecified atom stereocenters. The lowest BCUT2D eigenvalue weighted by molar-refractivity contribution is 0.194. The van der Waals surface area contributed by atoms with Crippen molar-refractivity contribution in [2.45, 2.75) is 26.7 Å². The Bertz CT molecular complexity index is 722. The summed E-state index contributed by atoms with van der Waals surface area (Å²) in [5.41, 5.74) is 2.56. The molecule has 1 saturated heterocycles. The molecule has 1 aliphatic rings. The van der Waals surface area contributed by atoms with E-state index in [2.05, 4.69) is 60.2 Å². The molecular weight excluding hydrogens is 332 g/mol. The molecule has 0 aliphatic carbocycles. The molecule has 134 valence electrons. The Morgan fingerprint density at radius 1 is 1.24 bits per heavy atom. The van der Waals surface area contributed by atoms with Gasteiger partial charge in [-0.05, 0) is 25.5 Å². The quantitative estimate of drug-likeness (QED) is 0.911. The van der Waals surface area contributed by atoms with Crippen LogP contribution in [0.1, 0.15) is 28.3 Å². The minimum Gasteiger partial charge on any atom is -0.368 e. The van der Waals surface area contributed by atoms with Gasteiger partial charge < -0.3 is 15.1 Å². The number of anilines is 1. The molecule has 6 heteroatoms. The molecule has 0 radical (unpaired) electrons. The van der Waals surface area contributed by atoms with Gasteiger partial charge >= 0.3 is 6.03 Å². The first-order chi connectivity index (χ1) is 12.0. The molecule has 1 fully saturated rings. The zero-order valence-electron chi connectivity index (χ0n) is 15.2. The fourth-order valence-electron chi connectivity index (χ4n) is 3.11. The minimum atomic E-state index is 0.0320. The fourth-order valence-corrected chi connectivity index (χ4v) is 3.93. The van der Waals surface area contributed by atoms with Gasteiger partial charge in [0, 0.05) is 55.4 Å². The third-order valence-corrected chi connectivity index (χ3v) is 5.79. The number of hydrogen-bond donors (Lipinski definition) is 1. The highest BCUT2D eigenvalue weighted by molar-refractivity contribution is 7.11. The van der Waals surface area contributed by atoms with Gasteiger partial charge in [0.25, 0.3) is 0 Å². The lowest BCUT2D eigenvalue weighted by Crippen LogP contribution is -2.52. The van der Waals surface area contributed by atoms with Crippen LogP contribution in [-0.4, -0.2) is 48.6 Å². The summed E-state index contributed by atoms with van der Waals surface area (Å²) in [5, 5.41) is 4.15. The maximum absolute atomic E-state index is 12.4. The first-order valence-corrected chi connectivity index (χ1v) is 9.62. The number of rotatable bonds is 4. The van der Waals surface area contributed by atoms with Crippen molar-refractivity contribution in [2.24, 2.45) is 0 Å². The van der Waals surface area contributed by atoms with Crippen molar-refractivity contribution < 1.29 is 4.79 Å². The number of amides is 2. The molecule has 5 nitrogen and oxygen atoms in total. The highest BCUT2D eigenvalue weighted by Crippen LogP contribution is 2.22. The van der Waals surface area contributed by atoms with Crippen molar-refractivity contribution in [1.82, 2.24) is 15.2 Å². The van der Waals surface area contributed by atoms with Crippen molar-refractivity contribution >= 4 is 23.1 Å². The Labute approximate surface area is 153 Å². The molecule has 2 aromatic rings. The average molecular weight is 359 g/mol. The van der Waals surface area contributed by atoms with Gasteiger partial charge in [-0.2, -0.15) is 0 Å². The van der Waals surface area contributed by atoms with Crippen LogP contribution < -0.4 is 10.2 Å². The van der Waals surface area contributed by atoms with Gasteiger partial charge in [0.05, 0.1) is 5.01 Å². The highest BCUT2D eigenvalue weighted by Gasteiger charge is 2.22. The third-order valence-electron chi connectivity index (χ3n) is 4.64. The van der Waals surface area contributed by atoms with Crippen LogP contribution >= 0.6 is 11.3 Å². The van der Waals surface area contributed by atoms with E-state index in [4.69, 9.17) is 0 Å². The largest absolute Gasteiger partial charge is 0.368 e. The predicted octanol–water partition coefficient (Wildman–Crippen LogP) is 3.40. The van der Waals surface area contributed by atoms with Crippen LogP contribution in [0.3, 0.4) is 0 Å². The van der Waals surface area contributed by atoms with Gasteiger partial charge in [0.1, 0.15) is 0 Å². The summed E-state index contributed by atoms with van der Waals surface area (Å²) >= 11 is 1.70. The van der Waals surface area contributed by atoms with Crippen LogP contribution in [0, 0.1) is 13.8 Å². The number of urea groups is 1. The summed E-state index contributed by atoms with van der Waals surface area (Å²) in [6.07, 6.45) is 1.89. The van der Waals surface area contributed by atoms with Crippen LogP contribution in [0.4, 0.5) is 10.5 Å². The molecule has 2 heterocycles. The van der Waals surface area contributed by atoms with Crippen molar-refractivity contribution in [2.75, 3.05) is 37.6 Å². The maximum Gasteiger partial charge on any atom is 0.317 e. The monoisotopic (exact) mass is 358 g/mol. The Morgan fingerprint density at radius 3 is 2.60 bits per heavy atom. The standard InChI is InChI=1S/C19H26N4OS/c1-14-6-4-5-7-17(14)22-8-10-23(11-9-22)19(24)21-12-15(2)18-20-13-16(3)25-18/h4-7,13,15H,8-12H2,1-3H3,(H,21,24). The number of aryl methyl sites for hydroxylation is 2. The van der Waals surface area contributed by atoms with Gasteiger partial charge in [-0.3, -0.25) is 0 Å². The van der Waals surface area contributed by atoms with Crippen LogP contribution in [0.2, 0.25) is 0 Å². The Kier molecular flexibility index (Phi) is 5.58. The number of thiazole rings is 1. The molecule has 0 bridgehead atoms. The molecule has 1 aliphatic heterocycles. The Balaban J connectivity index is 1.48. The molecule has 0 spiro atoms. The van der Waals surface area contributed by atoms with Gasteiger partial charge in [0.2, 0.25) is 0 Å². The average Bonchev–Trinajstić information content (AvgIpc) is 3.06. The summed E-state index contributed by atoms with van der Waals surface area (Å²) < 4.78 is 0. The van der Waals surface area contributed by atoms with Gasteiger partial charge in [-0.1, -0.05) is 25.1 Å². The van der Waals surface area contributed by atoms with E-state index in [1.807, 2.05) is 11.1 Å². The van der Waals surface area contributed by atoms with E-state index < -0.39 is 0 Å². The SMILES string of the molecule is Cc1cnc(C(C)CNC(=O)N2CCN(c3ccccc3C)CC2)s1. The molecule has 0 saturated carbocycles. The zero-order valence-corrected chi connectivity index (χ0v) is 16.0. The van der Waals surface area contributed by atoms with Crippen LogP contribution in [0.25, 0.3) is 0 Å². The second kappa shape index (κ2) is 7.87. The number of carbonyl (C=O) groups is 1. The van der Waals surface area contributed by atoms with Crippen molar-refractivity contribution in [1.29, 1.82) is 0 Å². The second-order valence-electron chi connectivity index (χ2n) is 6.66. The molecular formula is C19H26N4OS. The number of nitrogens with one attached hydrogen (secondary N) is 1. The molecule has 1 atom stereocenters.